The second-order valence-corrected chi connectivity index (χ2v) is 5.29. The lowest BCUT2D eigenvalue weighted by atomic mass is 9.90. The number of rotatable bonds is 11. The van der Waals surface area contributed by atoms with Gasteiger partial charge in [0.1, 0.15) is 0 Å². The molecule has 5 heteroatoms. The molecule has 0 saturated heterocycles. The normalized spacial score (nSPS) is 13.8. The van der Waals surface area contributed by atoms with Crippen LogP contribution in [0.25, 0.3) is 0 Å². The molecule has 1 atom stereocenters. The summed E-state index contributed by atoms with van der Waals surface area (Å²) < 4.78 is 16.0. The Morgan fingerprint density at radius 1 is 0.944 bits per heavy atom. The van der Waals surface area contributed by atoms with Crippen LogP contribution in [0.3, 0.4) is 0 Å². The zero-order valence-corrected chi connectivity index (χ0v) is 12.2. The smallest absolute Gasteiger partial charge is 0.0821 e. The lowest BCUT2D eigenvalue weighted by Crippen LogP contribution is -2.31. The molecule has 0 radical (unpaired) electrons. The Morgan fingerprint density at radius 3 is 1.94 bits per heavy atom. The number of likely N-dealkylation sites (N-methyl/N-ethyl adjacent to an activating group) is 1. The molecule has 0 saturated carbocycles. The second kappa shape index (κ2) is 10.7. The van der Waals surface area contributed by atoms with Gasteiger partial charge in [0, 0.05) is 6.54 Å². The molecular formula is C13H29NO4. The molecule has 1 unspecified atom stereocenters. The maximum atomic E-state index is 9.72. The third-order valence-corrected chi connectivity index (χ3v) is 2.52. The van der Waals surface area contributed by atoms with E-state index >= 15 is 0 Å². The van der Waals surface area contributed by atoms with E-state index in [-0.39, 0.29) is 5.41 Å². The highest BCUT2D eigenvalue weighted by Gasteiger charge is 2.21. The molecule has 0 heterocycles. The lowest BCUT2D eigenvalue weighted by molar-refractivity contribution is -0.0401. The minimum atomic E-state index is -0.442. The highest BCUT2D eigenvalue weighted by Crippen LogP contribution is 2.18. The van der Waals surface area contributed by atoms with Gasteiger partial charge in [-0.25, -0.2) is 0 Å². The summed E-state index contributed by atoms with van der Waals surface area (Å²) in [6.45, 7) is 10.1. The summed E-state index contributed by atoms with van der Waals surface area (Å²) in [7, 11) is 1.89. The van der Waals surface area contributed by atoms with Crippen molar-refractivity contribution in [2.75, 3.05) is 53.2 Å². The number of aliphatic hydroxyl groups is 1. The molecule has 0 spiro atoms. The van der Waals surface area contributed by atoms with E-state index in [2.05, 4.69) is 5.32 Å². The summed E-state index contributed by atoms with van der Waals surface area (Å²) in [5.41, 5.74) is -0.137. The van der Waals surface area contributed by atoms with Gasteiger partial charge in [-0.05, 0) is 12.5 Å². The molecule has 0 rings (SSSR count). The van der Waals surface area contributed by atoms with Gasteiger partial charge in [0.2, 0.25) is 0 Å². The fourth-order valence-corrected chi connectivity index (χ4v) is 1.06. The van der Waals surface area contributed by atoms with Gasteiger partial charge in [-0.2, -0.15) is 0 Å². The topological polar surface area (TPSA) is 60.0 Å². The summed E-state index contributed by atoms with van der Waals surface area (Å²) in [6.07, 6.45) is -0.442. The highest BCUT2D eigenvalue weighted by molar-refractivity contribution is 4.71. The first kappa shape index (κ1) is 17.8. The van der Waals surface area contributed by atoms with Crippen molar-refractivity contribution in [3.8, 4) is 0 Å². The lowest BCUT2D eigenvalue weighted by Gasteiger charge is -2.25. The van der Waals surface area contributed by atoms with Crippen molar-refractivity contribution in [2.45, 2.75) is 26.9 Å². The van der Waals surface area contributed by atoms with Crippen molar-refractivity contribution in [3.05, 3.63) is 0 Å². The van der Waals surface area contributed by atoms with E-state index in [1.807, 2.05) is 27.8 Å². The summed E-state index contributed by atoms with van der Waals surface area (Å²) in [6, 6.07) is 0. The molecule has 5 nitrogen and oxygen atoms in total. The Balaban J connectivity index is 3.17. The predicted octanol–water partition coefficient (Wildman–Crippen LogP) is 0.663. The fraction of sp³-hybridized carbons (Fsp3) is 1.00. The van der Waals surface area contributed by atoms with Crippen LogP contribution < -0.4 is 5.32 Å². The van der Waals surface area contributed by atoms with Gasteiger partial charge in [0.05, 0.1) is 45.7 Å². The van der Waals surface area contributed by atoms with Gasteiger partial charge >= 0.3 is 0 Å². The van der Waals surface area contributed by atoms with Gasteiger partial charge in [-0.1, -0.05) is 20.8 Å². The predicted molar refractivity (Wildman–Crippen MR) is 71.8 cm³/mol. The van der Waals surface area contributed by atoms with Crippen LogP contribution in [-0.2, 0) is 14.2 Å². The first-order valence-corrected chi connectivity index (χ1v) is 6.54. The molecule has 2 N–H and O–H groups in total. The Bertz CT molecular complexity index is 182. The van der Waals surface area contributed by atoms with Crippen molar-refractivity contribution in [2.24, 2.45) is 5.41 Å². The van der Waals surface area contributed by atoms with Gasteiger partial charge in [0.15, 0.2) is 0 Å². The minimum absolute atomic E-state index is 0.137. The maximum absolute atomic E-state index is 9.72. The van der Waals surface area contributed by atoms with E-state index < -0.39 is 6.10 Å². The van der Waals surface area contributed by atoms with Crippen LogP contribution >= 0.6 is 0 Å². The Morgan fingerprint density at radius 2 is 1.44 bits per heavy atom. The molecule has 0 fully saturated rings. The van der Waals surface area contributed by atoms with Crippen molar-refractivity contribution < 1.29 is 19.3 Å². The third kappa shape index (κ3) is 10.9. The first-order chi connectivity index (χ1) is 8.48. The van der Waals surface area contributed by atoms with Crippen LogP contribution in [0.4, 0.5) is 0 Å². The largest absolute Gasteiger partial charge is 0.390 e. The van der Waals surface area contributed by atoms with Crippen molar-refractivity contribution in [1.29, 1.82) is 0 Å². The van der Waals surface area contributed by atoms with Gasteiger partial charge in [-0.15, -0.1) is 0 Å². The van der Waals surface area contributed by atoms with Crippen LogP contribution in [0.1, 0.15) is 20.8 Å². The van der Waals surface area contributed by atoms with Crippen LogP contribution in [0.15, 0.2) is 0 Å². The minimum Gasteiger partial charge on any atom is -0.390 e. The zero-order valence-electron chi connectivity index (χ0n) is 12.2. The number of nitrogens with one attached hydrogen (secondary N) is 1. The highest BCUT2D eigenvalue weighted by atomic mass is 16.5. The van der Waals surface area contributed by atoms with E-state index in [0.29, 0.717) is 39.6 Å². The Hall–Kier alpha value is -0.200. The van der Waals surface area contributed by atoms with Gasteiger partial charge in [0.25, 0.3) is 0 Å². The van der Waals surface area contributed by atoms with E-state index in [1.54, 1.807) is 0 Å². The molecule has 18 heavy (non-hydrogen) atoms. The van der Waals surface area contributed by atoms with Gasteiger partial charge in [-0.3, -0.25) is 0 Å². The van der Waals surface area contributed by atoms with Crippen molar-refractivity contribution >= 4 is 0 Å². The quantitative estimate of drug-likeness (QED) is 0.536. The van der Waals surface area contributed by atoms with Gasteiger partial charge < -0.3 is 24.6 Å². The molecule has 0 bridgehead atoms. The van der Waals surface area contributed by atoms with E-state index in [0.717, 1.165) is 6.54 Å². The molecule has 0 aromatic rings. The average Bonchev–Trinajstić information content (AvgIpc) is 2.30. The zero-order chi connectivity index (χ0) is 13.9. The number of aliphatic hydroxyl groups excluding tert-OH is 1. The van der Waals surface area contributed by atoms with Crippen molar-refractivity contribution in [3.63, 3.8) is 0 Å². The second-order valence-electron chi connectivity index (χ2n) is 5.29. The first-order valence-electron chi connectivity index (χ1n) is 6.54. The maximum Gasteiger partial charge on any atom is 0.0821 e. The third-order valence-electron chi connectivity index (χ3n) is 2.52. The number of ether oxygens (including phenoxy) is 3. The van der Waals surface area contributed by atoms with Crippen LogP contribution in [-0.4, -0.2) is 64.4 Å². The molecule has 0 aliphatic carbocycles. The number of hydrogen-bond acceptors (Lipinski definition) is 5. The van der Waals surface area contributed by atoms with E-state index in [4.69, 9.17) is 14.2 Å². The monoisotopic (exact) mass is 263 g/mol. The van der Waals surface area contributed by atoms with Crippen LogP contribution in [0, 0.1) is 5.41 Å². The summed E-state index contributed by atoms with van der Waals surface area (Å²) in [5.74, 6) is 0. The van der Waals surface area contributed by atoms with Crippen LogP contribution in [0.2, 0.25) is 0 Å². The standard InChI is InChI=1S/C13H29NO4/c1-13(2,3)12(15)11-18-10-9-17-8-7-16-6-5-14-4/h12,14-15H,5-11H2,1-4H3. The molecular weight excluding hydrogens is 234 g/mol. The number of hydrogen-bond donors (Lipinski definition) is 2. The molecule has 0 aromatic heterocycles. The van der Waals surface area contributed by atoms with Crippen molar-refractivity contribution in [1.82, 2.24) is 5.32 Å². The summed E-state index contributed by atoms with van der Waals surface area (Å²) >= 11 is 0. The molecule has 110 valence electrons. The summed E-state index contributed by atoms with van der Waals surface area (Å²) in [4.78, 5) is 0. The molecule has 0 aromatic carbocycles. The fourth-order valence-electron chi connectivity index (χ4n) is 1.06. The van der Waals surface area contributed by atoms with Crippen LogP contribution in [0.5, 0.6) is 0 Å². The average molecular weight is 263 g/mol. The molecule has 0 aliphatic rings. The molecule has 0 aliphatic heterocycles. The molecule has 0 amide bonds. The SMILES string of the molecule is CNCCOCCOCCOCC(O)C(C)(C)C. The summed E-state index contributed by atoms with van der Waals surface area (Å²) in [5, 5.41) is 12.7. The Kier molecular flexibility index (Phi) is 10.6. The Labute approximate surface area is 111 Å². The van der Waals surface area contributed by atoms with E-state index in [9.17, 15) is 5.11 Å². The van der Waals surface area contributed by atoms with E-state index in [1.165, 1.54) is 0 Å².